The van der Waals surface area contributed by atoms with Crippen LogP contribution in [0.4, 0.5) is 13.2 Å². The Morgan fingerprint density at radius 1 is 1.09 bits per heavy atom. The molecular weight excluding hydrogens is 465 g/mol. The van der Waals surface area contributed by atoms with E-state index in [0.717, 1.165) is 17.0 Å². The molecule has 32 heavy (non-hydrogen) atoms. The van der Waals surface area contributed by atoms with Gasteiger partial charge in [-0.25, -0.2) is 4.98 Å². The van der Waals surface area contributed by atoms with Gasteiger partial charge in [-0.2, -0.15) is 18.4 Å². The smallest absolute Gasteiger partial charge is 0.416 e. The highest BCUT2D eigenvalue weighted by Gasteiger charge is 2.30. The highest BCUT2D eigenvalue weighted by Crippen LogP contribution is 2.34. The van der Waals surface area contributed by atoms with Crippen LogP contribution < -0.4 is 4.74 Å². The van der Waals surface area contributed by atoms with Crippen molar-refractivity contribution in [1.82, 2.24) is 4.98 Å². The fraction of sp³-hybridized carbons (Fsp3) is 0.273. The van der Waals surface area contributed by atoms with Gasteiger partial charge < -0.3 is 14.2 Å². The zero-order valence-corrected chi connectivity index (χ0v) is 18.5. The highest BCUT2D eigenvalue weighted by atomic mass is 35.5. The number of rotatable bonds is 9. The van der Waals surface area contributed by atoms with E-state index in [2.05, 4.69) is 4.98 Å². The van der Waals surface area contributed by atoms with E-state index in [1.807, 2.05) is 6.07 Å². The molecule has 0 amide bonds. The van der Waals surface area contributed by atoms with E-state index in [9.17, 15) is 13.2 Å². The van der Waals surface area contributed by atoms with Crippen molar-refractivity contribution >= 4 is 22.9 Å². The molecule has 0 N–H and O–H groups in total. The van der Waals surface area contributed by atoms with Gasteiger partial charge in [-0.1, -0.05) is 23.7 Å². The third kappa shape index (κ3) is 6.20. The molecule has 168 valence electrons. The zero-order chi connectivity index (χ0) is 23.1. The average molecular weight is 483 g/mol. The first-order valence-corrected chi connectivity index (χ1v) is 10.6. The molecule has 0 bridgehead atoms. The fourth-order valence-corrected chi connectivity index (χ4v) is 3.87. The van der Waals surface area contributed by atoms with E-state index in [-0.39, 0.29) is 18.2 Å². The number of benzene rings is 2. The second-order valence-electron chi connectivity index (χ2n) is 6.55. The molecule has 0 atom stereocenters. The van der Waals surface area contributed by atoms with Crippen LogP contribution in [0, 0.1) is 11.3 Å². The van der Waals surface area contributed by atoms with Gasteiger partial charge in [0.15, 0.2) is 0 Å². The van der Waals surface area contributed by atoms with Crippen LogP contribution in [0.3, 0.4) is 0 Å². The van der Waals surface area contributed by atoms with Gasteiger partial charge in [0.1, 0.15) is 23.4 Å². The lowest BCUT2D eigenvalue weighted by atomic mass is 10.1. The first-order valence-electron chi connectivity index (χ1n) is 9.37. The van der Waals surface area contributed by atoms with Crippen molar-refractivity contribution in [3.8, 4) is 22.4 Å². The predicted octanol–water partition coefficient (Wildman–Crippen LogP) is 6.10. The van der Waals surface area contributed by atoms with Gasteiger partial charge in [0.2, 0.25) is 0 Å². The van der Waals surface area contributed by atoms with E-state index in [4.69, 9.17) is 31.1 Å². The number of aromatic nitrogens is 1. The number of ether oxygens (including phenoxy) is 3. The molecule has 0 saturated carbocycles. The highest BCUT2D eigenvalue weighted by molar-refractivity contribution is 7.15. The zero-order valence-electron chi connectivity index (χ0n) is 16.9. The van der Waals surface area contributed by atoms with E-state index in [0.29, 0.717) is 40.8 Å². The maximum absolute atomic E-state index is 12.8. The molecule has 0 aliphatic rings. The quantitative estimate of drug-likeness (QED) is 0.345. The van der Waals surface area contributed by atoms with Gasteiger partial charge in [-0.15, -0.1) is 11.3 Å². The van der Waals surface area contributed by atoms with Crippen LogP contribution in [0.5, 0.6) is 5.75 Å². The average Bonchev–Trinajstić information content (AvgIpc) is 3.18. The Balaban J connectivity index is 1.80. The third-order valence-corrected chi connectivity index (χ3v) is 5.77. The second-order valence-corrected chi connectivity index (χ2v) is 8.04. The molecule has 1 heterocycles. The van der Waals surface area contributed by atoms with Gasteiger partial charge in [-0.3, -0.25) is 0 Å². The van der Waals surface area contributed by atoms with Crippen molar-refractivity contribution in [2.45, 2.75) is 19.4 Å². The van der Waals surface area contributed by atoms with Gasteiger partial charge in [0.05, 0.1) is 46.5 Å². The minimum absolute atomic E-state index is 0.156. The molecule has 1 aromatic heterocycles. The monoisotopic (exact) mass is 482 g/mol. The molecule has 2 aromatic carbocycles. The van der Waals surface area contributed by atoms with Crippen molar-refractivity contribution in [1.29, 1.82) is 5.26 Å². The number of thiazole rings is 1. The van der Waals surface area contributed by atoms with Gasteiger partial charge in [-0.05, 0) is 24.3 Å². The van der Waals surface area contributed by atoms with Crippen LogP contribution in [-0.2, 0) is 28.9 Å². The number of methoxy groups -OCH3 is 1. The summed E-state index contributed by atoms with van der Waals surface area (Å²) >= 11 is 7.35. The van der Waals surface area contributed by atoms with Crippen LogP contribution in [-0.4, -0.2) is 25.3 Å². The molecule has 0 fully saturated rings. The van der Waals surface area contributed by atoms with E-state index in [1.165, 1.54) is 23.5 Å². The number of nitrogens with zero attached hydrogens (tertiary/aromatic N) is 2. The summed E-state index contributed by atoms with van der Waals surface area (Å²) in [5, 5.41) is 9.82. The van der Waals surface area contributed by atoms with Crippen LogP contribution in [0.15, 0.2) is 42.5 Å². The minimum atomic E-state index is -4.40. The third-order valence-electron chi connectivity index (χ3n) is 4.34. The van der Waals surface area contributed by atoms with Crippen molar-refractivity contribution in [3.05, 3.63) is 69.2 Å². The molecule has 0 radical (unpaired) electrons. The van der Waals surface area contributed by atoms with Crippen molar-refractivity contribution < 1.29 is 27.4 Å². The topological polar surface area (TPSA) is 64.4 Å². The summed E-state index contributed by atoms with van der Waals surface area (Å²) < 4.78 is 54.9. The van der Waals surface area contributed by atoms with E-state index >= 15 is 0 Å². The second kappa shape index (κ2) is 10.8. The Kier molecular flexibility index (Phi) is 8.10. The Bertz CT molecular complexity index is 1100. The van der Waals surface area contributed by atoms with Crippen molar-refractivity contribution in [2.75, 3.05) is 20.3 Å². The molecule has 10 heteroatoms. The molecular formula is C22H18ClF3N2O3S. The van der Waals surface area contributed by atoms with Gasteiger partial charge in [0.25, 0.3) is 0 Å². The predicted molar refractivity (Wildman–Crippen MR) is 115 cm³/mol. The Morgan fingerprint density at radius 2 is 1.84 bits per heavy atom. The molecule has 0 aliphatic heterocycles. The Hall–Kier alpha value is -2.64. The lowest BCUT2D eigenvalue weighted by molar-refractivity contribution is -0.137. The lowest BCUT2D eigenvalue weighted by Gasteiger charge is -2.07. The largest absolute Gasteiger partial charge is 0.488 e. The molecule has 0 aliphatic carbocycles. The maximum Gasteiger partial charge on any atom is 0.416 e. The first kappa shape index (κ1) is 24.0. The SMILES string of the molecule is COCCOCc1nc(-c2ccc(C(F)(F)F)cc2)sc1COc1ccc(C#N)c(Cl)c1. The lowest BCUT2D eigenvalue weighted by Crippen LogP contribution is -2.04. The minimum Gasteiger partial charge on any atom is -0.488 e. The number of nitriles is 1. The number of alkyl halides is 3. The Morgan fingerprint density at radius 3 is 2.47 bits per heavy atom. The Labute approximate surface area is 191 Å². The van der Waals surface area contributed by atoms with Crippen LogP contribution in [0.1, 0.15) is 21.7 Å². The molecule has 3 aromatic rings. The molecule has 5 nitrogen and oxygen atoms in total. The first-order chi connectivity index (χ1) is 15.3. The normalized spacial score (nSPS) is 11.4. The molecule has 0 unspecified atom stereocenters. The summed E-state index contributed by atoms with van der Waals surface area (Å²) in [5.41, 5.74) is 0.811. The van der Waals surface area contributed by atoms with Crippen LogP contribution in [0.2, 0.25) is 5.02 Å². The fourth-order valence-electron chi connectivity index (χ4n) is 2.67. The summed E-state index contributed by atoms with van der Waals surface area (Å²) in [6.45, 7) is 1.15. The van der Waals surface area contributed by atoms with Crippen molar-refractivity contribution in [3.63, 3.8) is 0 Å². The summed E-state index contributed by atoms with van der Waals surface area (Å²) in [4.78, 5) is 5.31. The van der Waals surface area contributed by atoms with Crippen LogP contribution >= 0.6 is 22.9 Å². The summed E-state index contributed by atoms with van der Waals surface area (Å²) in [6.07, 6.45) is -4.40. The van der Waals surface area contributed by atoms with E-state index < -0.39 is 11.7 Å². The molecule has 0 spiro atoms. The van der Waals surface area contributed by atoms with E-state index in [1.54, 1.807) is 25.3 Å². The van der Waals surface area contributed by atoms with Gasteiger partial charge in [0, 0.05) is 18.7 Å². The number of hydrogen-bond acceptors (Lipinski definition) is 6. The molecule has 3 rings (SSSR count). The maximum atomic E-state index is 12.8. The van der Waals surface area contributed by atoms with Crippen molar-refractivity contribution in [2.24, 2.45) is 0 Å². The summed E-state index contributed by atoms with van der Waals surface area (Å²) in [6, 6.07) is 11.6. The number of hydrogen-bond donors (Lipinski definition) is 0. The standard InChI is InChI=1S/C22H18ClF3N2O3S/c1-29-8-9-30-12-19-20(13-31-17-7-4-15(11-27)18(23)10-17)32-21(28-19)14-2-5-16(6-3-14)22(24,25)26/h2-7,10H,8-9,12-13H2,1H3. The molecule has 0 saturated heterocycles. The summed E-state index contributed by atoms with van der Waals surface area (Å²) in [7, 11) is 1.57. The van der Waals surface area contributed by atoms with Gasteiger partial charge >= 0.3 is 6.18 Å². The van der Waals surface area contributed by atoms with Crippen LogP contribution in [0.25, 0.3) is 10.6 Å². The number of halogens is 4. The summed E-state index contributed by atoms with van der Waals surface area (Å²) in [5.74, 6) is 0.477.